The van der Waals surface area contributed by atoms with E-state index in [1.54, 1.807) is 36.7 Å². The van der Waals surface area contributed by atoms with E-state index in [0.717, 1.165) is 5.56 Å². The smallest absolute Gasteiger partial charge is 0.311 e. The maximum Gasteiger partial charge on any atom is 0.311 e. The van der Waals surface area contributed by atoms with Gasteiger partial charge in [-0.3, -0.25) is 15.0 Å². The SMILES string of the molecule is CCOC(=O)Cc1csc(NN=Cc2ccc(OC(C)=O)c(OC)c2)n1. The number of benzene rings is 1. The molecule has 0 radical (unpaired) electrons. The van der Waals surface area contributed by atoms with Gasteiger partial charge in [-0.05, 0) is 30.7 Å². The molecule has 1 aromatic heterocycles. The number of esters is 2. The van der Waals surface area contributed by atoms with Crippen LogP contribution in [0.1, 0.15) is 25.1 Å². The Morgan fingerprint density at radius 3 is 2.85 bits per heavy atom. The molecule has 9 heteroatoms. The number of aromatic nitrogens is 1. The molecule has 0 aliphatic heterocycles. The van der Waals surface area contributed by atoms with E-state index in [1.807, 2.05) is 0 Å². The van der Waals surface area contributed by atoms with E-state index in [4.69, 9.17) is 14.2 Å². The Morgan fingerprint density at radius 2 is 2.15 bits per heavy atom. The second-order valence-electron chi connectivity index (χ2n) is 5.00. The molecule has 138 valence electrons. The number of hydrogen-bond donors (Lipinski definition) is 1. The molecule has 2 aromatic rings. The molecule has 0 saturated carbocycles. The van der Waals surface area contributed by atoms with Gasteiger partial charge in [-0.25, -0.2) is 4.98 Å². The van der Waals surface area contributed by atoms with Crippen LogP contribution in [-0.2, 0) is 20.7 Å². The van der Waals surface area contributed by atoms with Crippen molar-refractivity contribution in [2.75, 3.05) is 19.1 Å². The molecule has 1 heterocycles. The normalized spacial score (nSPS) is 10.6. The van der Waals surface area contributed by atoms with Gasteiger partial charge in [0.25, 0.3) is 0 Å². The van der Waals surface area contributed by atoms with Gasteiger partial charge < -0.3 is 14.2 Å². The number of thiazole rings is 1. The first-order valence-corrected chi connectivity index (χ1v) is 8.65. The lowest BCUT2D eigenvalue weighted by atomic mass is 10.2. The Kier molecular flexibility index (Phi) is 7.10. The Bertz CT molecular complexity index is 803. The summed E-state index contributed by atoms with van der Waals surface area (Å²) in [7, 11) is 1.49. The first kappa shape index (κ1) is 19.4. The van der Waals surface area contributed by atoms with Crippen LogP contribution in [-0.4, -0.2) is 36.9 Å². The van der Waals surface area contributed by atoms with Gasteiger partial charge in [0.2, 0.25) is 5.13 Å². The molecule has 0 amide bonds. The lowest BCUT2D eigenvalue weighted by Crippen LogP contribution is -2.07. The fourth-order valence-corrected chi connectivity index (χ4v) is 2.62. The van der Waals surface area contributed by atoms with Crippen LogP contribution in [0.15, 0.2) is 28.7 Å². The summed E-state index contributed by atoms with van der Waals surface area (Å²) in [6.45, 7) is 3.43. The maximum absolute atomic E-state index is 11.4. The summed E-state index contributed by atoms with van der Waals surface area (Å²) >= 11 is 1.34. The number of methoxy groups -OCH3 is 1. The second-order valence-corrected chi connectivity index (χ2v) is 5.86. The average Bonchev–Trinajstić information content (AvgIpc) is 3.03. The van der Waals surface area contributed by atoms with Crippen molar-refractivity contribution in [1.29, 1.82) is 0 Å². The van der Waals surface area contributed by atoms with Crippen LogP contribution in [0.3, 0.4) is 0 Å². The molecule has 0 bridgehead atoms. The number of hydrogen-bond acceptors (Lipinski definition) is 9. The predicted octanol–water partition coefficient (Wildman–Crippen LogP) is 2.63. The van der Waals surface area contributed by atoms with E-state index < -0.39 is 5.97 Å². The highest BCUT2D eigenvalue weighted by atomic mass is 32.1. The number of hydrazone groups is 1. The van der Waals surface area contributed by atoms with E-state index in [0.29, 0.717) is 28.9 Å². The van der Waals surface area contributed by atoms with Crippen molar-refractivity contribution in [3.63, 3.8) is 0 Å². The highest BCUT2D eigenvalue weighted by Gasteiger charge is 2.09. The van der Waals surface area contributed by atoms with Crippen molar-refractivity contribution in [3.8, 4) is 11.5 Å². The zero-order valence-electron chi connectivity index (χ0n) is 14.6. The predicted molar refractivity (Wildman–Crippen MR) is 98.0 cm³/mol. The van der Waals surface area contributed by atoms with Gasteiger partial charge in [-0.15, -0.1) is 11.3 Å². The average molecular weight is 377 g/mol. The summed E-state index contributed by atoms with van der Waals surface area (Å²) in [6.07, 6.45) is 1.71. The summed E-state index contributed by atoms with van der Waals surface area (Å²) in [6, 6.07) is 5.06. The van der Waals surface area contributed by atoms with E-state index in [1.165, 1.54) is 25.4 Å². The van der Waals surface area contributed by atoms with Crippen molar-refractivity contribution in [1.82, 2.24) is 4.98 Å². The van der Waals surface area contributed by atoms with Gasteiger partial charge in [0.1, 0.15) is 0 Å². The van der Waals surface area contributed by atoms with Gasteiger partial charge >= 0.3 is 11.9 Å². The van der Waals surface area contributed by atoms with Crippen molar-refractivity contribution in [2.24, 2.45) is 5.10 Å². The number of rotatable bonds is 8. The molecule has 0 aliphatic carbocycles. The van der Waals surface area contributed by atoms with Crippen LogP contribution in [0.25, 0.3) is 0 Å². The molecular weight excluding hydrogens is 358 g/mol. The minimum Gasteiger partial charge on any atom is -0.493 e. The first-order valence-electron chi connectivity index (χ1n) is 7.77. The van der Waals surface area contributed by atoms with Crippen LogP contribution in [0, 0.1) is 0 Å². The fraction of sp³-hybridized carbons (Fsp3) is 0.294. The monoisotopic (exact) mass is 377 g/mol. The van der Waals surface area contributed by atoms with Crippen molar-refractivity contribution < 1.29 is 23.8 Å². The quantitative estimate of drug-likeness (QED) is 0.327. The van der Waals surface area contributed by atoms with Gasteiger partial charge in [-0.1, -0.05) is 0 Å². The van der Waals surface area contributed by atoms with Crippen molar-refractivity contribution >= 4 is 34.6 Å². The van der Waals surface area contributed by atoms with Crippen molar-refractivity contribution in [2.45, 2.75) is 20.3 Å². The second kappa shape index (κ2) is 9.52. The Labute approximate surface area is 154 Å². The Balaban J connectivity index is 1.97. The molecule has 0 unspecified atom stereocenters. The molecule has 0 spiro atoms. The van der Waals surface area contributed by atoms with Crippen LogP contribution in [0.4, 0.5) is 5.13 Å². The molecule has 26 heavy (non-hydrogen) atoms. The van der Waals surface area contributed by atoms with Gasteiger partial charge in [-0.2, -0.15) is 5.10 Å². The van der Waals surface area contributed by atoms with Gasteiger partial charge in [0, 0.05) is 12.3 Å². The fourth-order valence-electron chi connectivity index (χ4n) is 1.97. The summed E-state index contributed by atoms with van der Waals surface area (Å²) in [4.78, 5) is 26.7. The topological polar surface area (TPSA) is 99.1 Å². The first-order chi connectivity index (χ1) is 12.5. The van der Waals surface area contributed by atoms with Crippen LogP contribution >= 0.6 is 11.3 Å². The third kappa shape index (κ3) is 5.85. The highest BCUT2D eigenvalue weighted by Crippen LogP contribution is 2.27. The van der Waals surface area contributed by atoms with E-state index in [2.05, 4.69) is 15.5 Å². The highest BCUT2D eigenvalue weighted by molar-refractivity contribution is 7.13. The van der Waals surface area contributed by atoms with Crippen LogP contribution in [0.5, 0.6) is 11.5 Å². The summed E-state index contributed by atoms with van der Waals surface area (Å²) in [5, 5.41) is 6.43. The Hall–Kier alpha value is -2.94. The number of nitrogens with one attached hydrogen (secondary N) is 1. The molecule has 1 N–H and O–H groups in total. The summed E-state index contributed by atoms with van der Waals surface area (Å²) < 4.78 is 15.1. The standard InChI is InChI=1S/C17H19N3O5S/c1-4-24-16(22)8-13-10-26-17(19-13)20-18-9-12-5-6-14(25-11(2)21)15(7-12)23-3/h5-7,9-10H,4,8H2,1-3H3,(H,19,20). The molecular formula is C17H19N3O5S. The molecule has 2 rings (SSSR count). The molecule has 8 nitrogen and oxygen atoms in total. The third-order valence-corrected chi connectivity index (χ3v) is 3.79. The van der Waals surface area contributed by atoms with Gasteiger partial charge in [0.15, 0.2) is 11.5 Å². The van der Waals surface area contributed by atoms with Crippen molar-refractivity contribution in [3.05, 3.63) is 34.8 Å². The molecule has 1 aromatic carbocycles. The number of anilines is 1. The summed E-state index contributed by atoms with van der Waals surface area (Å²) in [5.74, 6) is 0.0327. The number of carbonyl (C=O) groups is 2. The zero-order valence-corrected chi connectivity index (χ0v) is 15.5. The minimum absolute atomic E-state index is 0.130. The largest absolute Gasteiger partial charge is 0.493 e. The minimum atomic E-state index is -0.422. The molecule has 0 fully saturated rings. The maximum atomic E-state index is 11.4. The van der Waals surface area contributed by atoms with Gasteiger partial charge in [0.05, 0.1) is 32.0 Å². The molecule has 0 aliphatic rings. The lowest BCUT2D eigenvalue weighted by Gasteiger charge is -2.08. The molecule has 0 saturated heterocycles. The Morgan fingerprint density at radius 1 is 1.35 bits per heavy atom. The molecule has 0 atom stereocenters. The number of ether oxygens (including phenoxy) is 3. The van der Waals surface area contributed by atoms with E-state index in [-0.39, 0.29) is 12.4 Å². The third-order valence-electron chi connectivity index (χ3n) is 3.00. The number of nitrogens with zero attached hydrogens (tertiary/aromatic N) is 2. The van der Waals surface area contributed by atoms with Crippen LogP contribution in [0.2, 0.25) is 0 Å². The lowest BCUT2D eigenvalue weighted by molar-refractivity contribution is -0.142. The van der Waals surface area contributed by atoms with Crippen LogP contribution < -0.4 is 14.9 Å². The van der Waals surface area contributed by atoms with E-state index >= 15 is 0 Å². The zero-order chi connectivity index (χ0) is 18.9. The number of carbonyl (C=O) groups excluding carboxylic acids is 2. The summed E-state index contributed by atoms with van der Waals surface area (Å²) in [5.41, 5.74) is 4.17. The van der Waals surface area contributed by atoms with E-state index in [9.17, 15) is 9.59 Å².